The average Bonchev–Trinajstić information content (AvgIpc) is 2.63. The van der Waals surface area contributed by atoms with Gasteiger partial charge in [-0.2, -0.15) is 4.98 Å². The molecular weight excluding hydrogens is 314 g/mol. The van der Waals surface area contributed by atoms with Gasteiger partial charge in [-0.25, -0.2) is 4.98 Å². The van der Waals surface area contributed by atoms with Gasteiger partial charge in [-0.3, -0.25) is 4.79 Å². The molecule has 5 nitrogen and oxygen atoms in total. The topological polar surface area (TPSA) is 55.3 Å². The van der Waals surface area contributed by atoms with Gasteiger partial charge in [0.2, 0.25) is 5.88 Å². The van der Waals surface area contributed by atoms with Crippen LogP contribution in [0.15, 0.2) is 66.9 Å². The number of ether oxygens (including phenoxy) is 1. The third-order valence-corrected chi connectivity index (χ3v) is 3.61. The van der Waals surface area contributed by atoms with Crippen molar-refractivity contribution in [2.45, 2.75) is 6.42 Å². The second-order valence-electron chi connectivity index (χ2n) is 5.80. The van der Waals surface area contributed by atoms with Gasteiger partial charge in [0.25, 0.3) is 5.91 Å². The summed E-state index contributed by atoms with van der Waals surface area (Å²) in [7, 11) is 3.45. The van der Waals surface area contributed by atoms with Crippen molar-refractivity contribution in [2.24, 2.45) is 0 Å². The molecule has 2 aromatic carbocycles. The summed E-state index contributed by atoms with van der Waals surface area (Å²) in [6.07, 6.45) is 2.33. The maximum atomic E-state index is 11.9. The lowest BCUT2D eigenvalue weighted by Crippen LogP contribution is -2.21. The molecule has 3 rings (SSSR count). The molecule has 5 heteroatoms. The van der Waals surface area contributed by atoms with E-state index < -0.39 is 0 Å². The molecule has 1 aromatic heterocycles. The molecule has 0 aliphatic rings. The zero-order chi connectivity index (χ0) is 17.6. The van der Waals surface area contributed by atoms with Crippen molar-refractivity contribution in [3.8, 4) is 11.6 Å². The molecule has 0 bridgehead atoms. The molecule has 0 aliphatic heterocycles. The van der Waals surface area contributed by atoms with Gasteiger partial charge in [0.1, 0.15) is 11.6 Å². The molecule has 0 fully saturated rings. The van der Waals surface area contributed by atoms with Crippen LogP contribution in [0.1, 0.15) is 21.7 Å². The Morgan fingerprint density at radius 3 is 2.40 bits per heavy atom. The van der Waals surface area contributed by atoms with Crippen molar-refractivity contribution in [1.29, 1.82) is 0 Å². The molecule has 0 radical (unpaired) electrons. The minimum absolute atomic E-state index is 0.0428. The van der Waals surface area contributed by atoms with E-state index in [1.807, 2.05) is 30.3 Å². The highest BCUT2D eigenvalue weighted by Crippen LogP contribution is 2.20. The summed E-state index contributed by atoms with van der Waals surface area (Å²) in [6, 6.07) is 18.8. The fourth-order valence-corrected chi connectivity index (χ4v) is 2.35. The molecule has 0 N–H and O–H groups in total. The number of nitrogens with zero attached hydrogens (tertiary/aromatic N) is 3. The zero-order valence-corrected chi connectivity index (χ0v) is 14.2. The van der Waals surface area contributed by atoms with Crippen LogP contribution in [0.25, 0.3) is 0 Å². The highest BCUT2D eigenvalue weighted by atomic mass is 16.5. The lowest BCUT2D eigenvalue weighted by Gasteiger charge is -2.11. The fourth-order valence-electron chi connectivity index (χ4n) is 2.35. The summed E-state index contributed by atoms with van der Waals surface area (Å²) >= 11 is 0. The maximum absolute atomic E-state index is 11.9. The van der Waals surface area contributed by atoms with Crippen LogP contribution in [0, 0.1) is 0 Å². The third-order valence-electron chi connectivity index (χ3n) is 3.61. The number of carbonyl (C=O) groups excluding carboxylic acids is 1. The first-order valence-corrected chi connectivity index (χ1v) is 7.97. The zero-order valence-electron chi connectivity index (χ0n) is 14.2. The molecule has 25 heavy (non-hydrogen) atoms. The van der Waals surface area contributed by atoms with E-state index in [2.05, 4.69) is 9.97 Å². The summed E-state index contributed by atoms with van der Waals surface area (Å²) in [5.41, 5.74) is 1.76. The second-order valence-corrected chi connectivity index (χ2v) is 5.80. The number of amides is 1. The predicted octanol–water partition coefficient (Wildman–Crippen LogP) is 3.56. The monoisotopic (exact) mass is 333 g/mol. The van der Waals surface area contributed by atoms with E-state index in [0.29, 0.717) is 29.4 Å². The highest BCUT2D eigenvalue weighted by Gasteiger charge is 2.08. The van der Waals surface area contributed by atoms with Gasteiger partial charge in [0.15, 0.2) is 0 Å². The van der Waals surface area contributed by atoms with Crippen LogP contribution in [0.2, 0.25) is 0 Å². The van der Waals surface area contributed by atoms with E-state index in [9.17, 15) is 4.79 Å². The van der Waals surface area contributed by atoms with Crippen molar-refractivity contribution >= 4 is 5.91 Å². The summed E-state index contributed by atoms with van der Waals surface area (Å²) < 4.78 is 5.78. The lowest BCUT2D eigenvalue weighted by molar-refractivity contribution is 0.0827. The van der Waals surface area contributed by atoms with Crippen LogP contribution >= 0.6 is 0 Å². The van der Waals surface area contributed by atoms with E-state index in [1.165, 1.54) is 4.90 Å². The lowest BCUT2D eigenvalue weighted by atomic mass is 10.1. The molecular formula is C20H19N3O2. The standard InChI is InChI=1S/C20H19N3O2/c1-23(2)20(24)16-8-10-17(11-9-16)25-19-12-13-21-18(22-19)14-15-6-4-3-5-7-15/h3-13H,14H2,1-2H3. The van der Waals surface area contributed by atoms with E-state index in [4.69, 9.17) is 4.74 Å². The summed E-state index contributed by atoms with van der Waals surface area (Å²) in [5.74, 6) is 1.76. The number of carbonyl (C=O) groups is 1. The normalized spacial score (nSPS) is 10.3. The van der Waals surface area contributed by atoms with E-state index in [0.717, 1.165) is 5.56 Å². The maximum Gasteiger partial charge on any atom is 0.253 e. The molecule has 1 heterocycles. The Balaban J connectivity index is 1.71. The number of benzene rings is 2. The van der Waals surface area contributed by atoms with Gasteiger partial charge in [-0.05, 0) is 29.8 Å². The molecule has 0 unspecified atom stereocenters. The van der Waals surface area contributed by atoms with Crippen LogP contribution in [0.5, 0.6) is 11.6 Å². The van der Waals surface area contributed by atoms with E-state index in [1.54, 1.807) is 50.6 Å². The minimum atomic E-state index is -0.0428. The summed E-state index contributed by atoms with van der Waals surface area (Å²) in [6.45, 7) is 0. The van der Waals surface area contributed by atoms with E-state index >= 15 is 0 Å². The SMILES string of the molecule is CN(C)C(=O)c1ccc(Oc2ccnc(Cc3ccccc3)n2)cc1. The van der Waals surface area contributed by atoms with Crippen LogP contribution in [0.3, 0.4) is 0 Å². The fraction of sp³-hybridized carbons (Fsp3) is 0.150. The van der Waals surface area contributed by atoms with Crippen LogP contribution < -0.4 is 4.74 Å². The van der Waals surface area contributed by atoms with Gasteiger partial charge >= 0.3 is 0 Å². The predicted molar refractivity (Wildman–Crippen MR) is 95.8 cm³/mol. The quantitative estimate of drug-likeness (QED) is 0.716. The van der Waals surface area contributed by atoms with Gasteiger partial charge in [0.05, 0.1) is 0 Å². The first kappa shape index (κ1) is 16.6. The van der Waals surface area contributed by atoms with Crippen molar-refractivity contribution in [2.75, 3.05) is 14.1 Å². The van der Waals surface area contributed by atoms with Crippen LogP contribution in [0.4, 0.5) is 0 Å². The Kier molecular flexibility index (Phi) is 5.04. The number of aromatic nitrogens is 2. The summed E-state index contributed by atoms with van der Waals surface area (Å²) in [5, 5.41) is 0. The molecule has 1 amide bonds. The van der Waals surface area contributed by atoms with Crippen molar-refractivity contribution in [3.05, 3.63) is 83.8 Å². The molecule has 0 aliphatic carbocycles. The largest absolute Gasteiger partial charge is 0.439 e. The molecule has 0 atom stereocenters. The minimum Gasteiger partial charge on any atom is -0.439 e. The highest BCUT2D eigenvalue weighted by molar-refractivity contribution is 5.93. The van der Waals surface area contributed by atoms with Crippen molar-refractivity contribution < 1.29 is 9.53 Å². The van der Waals surface area contributed by atoms with Gasteiger partial charge < -0.3 is 9.64 Å². The van der Waals surface area contributed by atoms with Gasteiger partial charge in [0, 0.05) is 38.3 Å². The van der Waals surface area contributed by atoms with Crippen molar-refractivity contribution in [3.63, 3.8) is 0 Å². The Hall–Kier alpha value is -3.21. The Labute approximate surface area is 146 Å². The van der Waals surface area contributed by atoms with Gasteiger partial charge in [-0.15, -0.1) is 0 Å². The number of rotatable bonds is 5. The molecule has 0 saturated carbocycles. The summed E-state index contributed by atoms with van der Waals surface area (Å²) in [4.78, 5) is 22.2. The molecule has 3 aromatic rings. The number of hydrogen-bond acceptors (Lipinski definition) is 4. The first-order valence-electron chi connectivity index (χ1n) is 7.97. The average molecular weight is 333 g/mol. The molecule has 0 spiro atoms. The Morgan fingerprint density at radius 1 is 1.00 bits per heavy atom. The second kappa shape index (κ2) is 7.57. The first-order chi connectivity index (χ1) is 12.1. The van der Waals surface area contributed by atoms with Gasteiger partial charge in [-0.1, -0.05) is 30.3 Å². The van der Waals surface area contributed by atoms with E-state index in [-0.39, 0.29) is 5.91 Å². The smallest absolute Gasteiger partial charge is 0.253 e. The molecule has 0 saturated heterocycles. The van der Waals surface area contributed by atoms with Crippen LogP contribution in [-0.2, 0) is 6.42 Å². The van der Waals surface area contributed by atoms with Crippen molar-refractivity contribution in [1.82, 2.24) is 14.9 Å². The Bertz CT molecular complexity index is 846. The molecule has 126 valence electrons. The Morgan fingerprint density at radius 2 is 1.72 bits per heavy atom. The third kappa shape index (κ3) is 4.41. The van der Waals surface area contributed by atoms with Crippen LogP contribution in [-0.4, -0.2) is 34.9 Å². The number of hydrogen-bond donors (Lipinski definition) is 0.